The van der Waals surface area contributed by atoms with Crippen molar-refractivity contribution in [3.8, 4) is 11.5 Å². The Bertz CT molecular complexity index is 908. The first kappa shape index (κ1) is 17.3. The van der Waals surface area contributed by atoms with Crippen molar-refractivity contribution < 1.29 is 19.1 Å². The summed E-state index contributed by atoms with van der Waals surface area (Å²) >= 11 is 0. The number of nitrogens with zero attached hydrogens (tertiary/aromatic N) is 1. The number of ketones is 1. The van der Waals surface area contributed by atoms with Crippen LogP contribution in [-0.2, 0) is 0 Å². The van der Waals surface area contributed by atoms with Crippen LogP contribution in [0.25, 0.3) is 0 Å². The molecule has 4 rings (SSSR count). The third-order valence-corrected chi connectivity index (χ3v) is 5.01. The molecule has 7 nitrogen and oxygen atoms in total. The van der Waals surface area contributed by atoms with E-state index in [1.165, 1.54) is 18.3 Å². The smallest absolute Gasteiger partial charge is 0.255 e. The number of piperidine rings is 1. The minimum Gasteiger partial charge on any atom is -0.486 e. The number of aromatic amines is 1. The van der Waals surface area contributed by atoms with Crippen LogP contribution in [0.2, 0.25) is 0 Å². The minimum atomic E-state index is -0.240. The van der Waals surface area contributed by atoms with E-state index in [9.17, 15) is 14.4 Å². The van der Waals surface area contributed by atoms with E-state index in [1.807, 2.05) is 0 Å². The average Bonchev–Trinajstić information content (AvgIpc) is 2.73. The molecule has 0 aliphatic carbocycles. The van der Waals surface area contributed by atoms with Crippen LogP contribution in [0.5, 0.6) is 11.5 Å². The summed E-state index contributed by atoms with van der Waals surface area (Å²) < 4.78 is 11.0. The van der Waals surface area contributed by atoms with Crippen molar-refractivity contribution in [2.75, 3.05) is 26.3 Å². The Morgan fingerprint density at radius 2 is 1.67 bits per heavy atom. The van der Waals surface area contributed by atoms with E-state index in [2.05, 4.69) is 4.98 Å². The molecule has 0 atom stereocenters. The van der Waals surface area contributed by atoms with Gasteiger partial charge in [0.15, 0.2) is 17.3 Å². The minimum absolute atomic E-state index is 0.0723. The predicted molar refractivity (Wildman–Crippen MR) is 97.5 cm³/mol. The number of ether oxygens (including phenoxy) is 2. The maximum Gasteiger partial charge on any atom is 0.255 e. The molecule has 140 valence electrons. The van der Waals surface area contributed by atoms with Crippen molar-refractivity contribution in [3.05, 3.63) is 58.0 Å². The van der Waals surface area contributed by atoms with E-state index >= 15 is 0 Å². The SMILES string of the molecule is O=C(c1ccc2c(c1)OCCO2)C1CCN(C(=O)c2ccc(=O)[nH]c2)CC1. The Labute approximate surface area is 155 Å². The number of carbonyl (C=O) groups excluding carboxylic acids is 2. The van der Waals surface area contributed by atoms with Crippen molar-refractivity contribution >= 4 is 11.7 Å². The van der Waals surface area contributed by atoms with Crippen LogP contribution < -0.4 is 15.0 Å². The zero-order chi connectivity index (χ0) is 18.8. The summed E-state index contributed by atoms with van der Waals surface area (Å²) in [7, 11) is 0. The number of fused-ring (bicyclic) bond motifs is 1. The summed E-state index contributed by atoms with van der Waals surface area (Å²) in [5, 5.41) is 0. The van der Waals surface area contributed by atoms with E-state index in [1.54, 1.807) is 23.1 Å². The quantitative estimate of drug-likeness (QED) is 0.836. The second-order valence-corrected chi connectivity index (χ2v) is 6.73. The van der Waals surface area contributed by atoms with Gasteiger partial charge in [0.25, 0.3) is 5.91 Å². The second kappa shape index (κ2) is 7.26. The Balaban J connectivity index is 1.40. The van der Waals surface area contributed by atoms with E-state index in [-0.39, 0.29) is 23.2 Å². The summed E-state index contributed by atoms with van der Waals surface area (Å²) in [6.07, 6.45) is 2.65. The lowest BCUT2D eigenvalue weighted by Gasteiger charge is -2.31. The van der Waals surface area contributed by atoms with Crippen LogP contribution >= 0.6 is 0 Å². The van der Waals surface area contributed by atoms with Gasteiger partial charge < -0.3 is 19.4 Å². The number of Topliss-reactive ketones (excluding diaryl/α,β-unsaturated/α-hetero) is 1. The lowest BCUT2D eigenvalue weighted by atomic mass is 9.88. The molecule has 0 saturated carbocycles. The first-order chi connectivity index (χ1) is 13.1. The van der Waals surface area contributed by atoms with Gasteiger partial charge in [0.05, 0.1) is 5.56 Å². The number of carbonyl (C=O) groups is 2. The van der Waals surface area contributed by atoms with Gasteiger partial charge in [0.1, 0.15) is 13.2 Å². The molecule has 1 N–H and O–H groups in total. The molecule has 7 heteroatoms. The zero-order valence-electron chi connectivity index (χ0n) is 14.8. The highest BCUT2D eigenvalue weighted by atomic mass is 16.6. The number of H-pyrrole nitrogens is 1. The van der Waals surface area contributed by atoms with Crippen LogP contribution in [0, 0.1) is 5.92 Å². The number of benzene rings is 1. The number of amides is 1. The number of nitrogens with one attached hydrogen (secondary N) is 1. The van der Waals surface area contributed by atoms with E-state index in [4.69, 9.17) is 9.47 Å². The molecule has 1 saturated heterocycles. The van der Waals surface area contributed by atoms with Crippen molar-refractivity contribution in [1.82, 2.24) is 9.88 Å². The molecule has 3 heterocycles. The molecule has 1 amide bonds. The maximum absolute atomic E-state index is 12.8. The molecular formula is C20H20N2O5. The van der Waals surface area contributed by atoms with E-state index in [0.717, 1.165) is 0 Å². The topological polar surface area (TPSA) is 88.7 Å². The maximum atomic E-state index is 12.8. The molecule has 2 aromatic rings. The summed E-state index contributed by atoms with van der Waals surface area (Å²) in [4.78, 5) is 40.7. The first-order valence-electron chi connectivity index (χ1n) is 9.04. The molecule has 0 radical (unpaired) electrons. The lowest BCUT2D eigenvalue weighted by molar-refractivity contribution is 0.0649. The molecule has 27 heavy (non-hydrogen) atoms. The van der Waals surface area contributed by atoms with Crippen molar-refractivity contribution in [3.63, 3.8) is 0 Å². The monoisotopic (exact) mass is 368 g/mol. The fraction of sp³-hybridized carbons (Fsp3) is 0.350. The van der Waals surface area contributed by atoms with Gasteiger partial charge >= 0.3 is 0 Å². The van der Waals surface area contributed by atoms with Crippen LogP contribution in [-0.4, -0.2) is 47.9 Å². The van der Waals surface area contributed by atoms with Crippen LogP contribution in [0.15, 0.2) is 41.3 Å². The Kier molecular flexibility index (Phi) is 4.66. The van der Waals surface area contributed by atoms with Gasteiger partial charge in [-0.25, -0.2) is 0 Å². The van der Waals surface area contributed by atoms with Crippen LogP contribution in [0.4, 0.5) is 0 Å². The molecule has 2 aliphatic heterocycles. The Morgan fingerprint density at radius 3 is 2.37 bits per heavy atom. The Morgan fingerprint density at radius 1 is 0.963 bits per heavy atom. The lowest BCUT2D eigenvalue weighted by Crippen LogP contribution is -2.40. The van der Waals surface area contributed by atoms with Crippen LogP contribution in [0.3, 0.4) is 0 Å². The fourth-order valence-electron chi connectivity index (χ4n) is 3.50. The zero-order valence-corrected chi connectivity index (χ0v) is 14.8. The van der Waals surface area contributed by atoms with Gasteiger partial charge in [-0.3, -0.25) is 14.4 Å². The molecule has 1 aromatic carbocycles. The summed E-state index contributed by atoms with van der Waals surface area (Å²) in [6.45, 7) is 2.02. The van der Waals surface area contributed by atoms with Gasteiger partial charge in [-0.1, -0.05) is 0 Å². The number of hydrogen-bond acceptors (Lipinski definition) is 5. The van der Waals surface area contributed by atoms with Gasteiger partial charge in [0.2, 0.25) is 5.56 Å². The number of likely N-dealkylation sites (tertiary alicyclic amines) is 1. The number of hydrogen-bond donors (Lipinski definition) is 1. The highest BCUT2D eigenvalue weighted by Crippen LogP contribution is 2.32. The highest BCUT2D eigenvalue weighted by molar-refractivity contribution is 5.99. The number of pyridine rings is 1. The molecule has 1 aromatic heterocycles. The Hall–Kier alpha value is -3.09. The average molecular weight is 368 g/mol. The van der Waals surface area contributed by atoms with Crippen molar-refractivity contribution in [2.45, 2.75) is 12.8 Å². The van der Waals surface area contributed by atoms with Gasteiger partial charge in [0, 0.05) is 36.8 Å². The summed E-state index contributed by atoms with van der Waals surface area (Å²) in [6, 6.07) is 8.15. The molecule has 1 fully saturated rings. The highest BCUT2D eigenvalue weighted by Gasteiger charge is 2.29. The predicted octanol–water partition coefficient (Wildman–Crippen LogP) is 1.88. The molecule has 2 aliphatic rings. The van der Waals surface area contributed by atoms with Gasteiger partial charge in [-0.15, -0.1) is 0 Å². The second-order valence-electron chi connectivity index (χ2n) is 6.73. The van der Waals surface area contributed by atoms with Gasteiger partial charge in [-0.05, 0) is 37.1 Å². The normalized spacial score (nSPS) is 16.8. The van der Waals surface area contributed by atoms with Gasteiger partial charge in [-0.2, -0.15) is 0 Å². The molecular weight excluding hydrogens is 348 g/mol. The molecule has 0 unspecified atom stereocenters. The molecule has 0 spiro atoms. The third-order valence-electron chi connectivity index (χ3n) is 5.01. The molecule has 0 bridgehead atoms. The third kappa shape index (κ3) is 3.58. The summed E-state index contributed by atoms with van der Waals surface area (Å²) in [5.41, 5.74) is 0.825. The number of rotatable bonds is 3. The fourth-order valence-corrected chi connectivity index (χ4v) is 3.50. The van der Waals surface area contributed by atoms with E-state index in [0.29, 0.717) is 61.8 Å². The summed E-state index contributed by atoms with van der Waals surface area (Å²) in [5.74, 6) is 1.10. The van der Waals surface area contributed by atoms with Crippen molar-refractivity contribution in [1.29, 1.82) is 0 Å². The van der Waals surface area contributed by atoms with E-state index < -0.39 is 0 Å². The standard InChI is InChI=1S/C20H20N2O5/c23-18-4-2-15(12-21-18)20(25)22-7-5-13(6-8-22)19(24)14-1-3-16-17(11-14)27-10-9-26-16/h1-4,11-13H,5-10H2,(H,21,23). The first-order valence-corrected chi connectivity index (χ1v) is 9.04. The number of aromatic nitrogens is 1. The van der Waals surface area contributed by atoms with Crippen LogP contribution in [0.1, 0.15) is 33.6 Å². The van der Waals surface area contributed by atoms with Crippen molar-refractivity contribution in [2.24, 2.45) is 5.92 Å². The largest absolute Gasteiger partial charge is 0.486 e.